The maximum Gasteiger partial charge on any atom is 0.292 e. The number of amides is 1. The first-order chi connectivity index (χ1) is 12.1. The van der Waals surface area contributed by atoms with Gasteiger partial charge in [-0.05, 0) is 54.3 Å². The van der Waals surface area contributed by atoms with Gasteiger partial charge in [0.2, 0.25) is 5.91 Å². The first-order valence-electron chi connectivity index (χ1n) is 7.84. The Bertz CT molecular complexity index is 792. The molecule has 1 amide bonds. The van der Waals surface area contributed by atoms with Crippen molar-refractivity contribution in [3.05, 3.63) is 59.7 Å². The Balaban J connectivity index is 1.74. The second-order valence-electron chi connectivity index (χ2n) is 5.45. The maximum absolute atomic E-state index is 11.8. The van der Waals surface area contributed by atoms with Gasteiger partial charge in [0.15, 0.2) is 0 Å². The molecule has 2 aromatic carbocycles. The van der Waals surface area contributed by atoms with E-state index in [1.165, 1.54) is 6.08 Å². The van der Waals surface area contributed by atoms with Crippen LogP contribution in [0, 0.1) is 11.5 Å². The molecular weight excluding hydrogens is 316 g/mol. The highest BCUT2D eigenvalue weighted by Crippen LogP contribution is 2.17. The van der Waals surface area contributed by atoms with Gasteiger partial charge in [0.25, 0.3) is 6.26 Å². The Morgan fingerprint density at radius 1 is 1.20 bits per heavy atom. The molecule has 6 nitrogen and oxygen atoms in total. The van der Waals surface area contributed by atoms with Gasteiger partial charge in [-0.25, -0.2) is 0 Å². The second-order valence-corrected chi connectivity index (χ2v) is 5.45. The molecule has 0 atom stereocenters. The number of carbonyl (C=O) groups excluding carboxylic acids is 1. The zero-order valence-corrected chi connectivity index (χ0v) is 13.7. The minimum absolute atomic E-state index is 0.164. The number of hydrogen-bond acceptors (Lipinski definition) is 5. The van der Waals surface area contributed by atoms with E-state index in [2.05, 4.69) is 10.1 Å². The van der Waals surface area contributed by atoms with E-state index < -0.39 is 0 Å². The molecule has 25 heavy (non-hydrogen) atoms. The van der Waals surface area contributed by atoms with Crippen LogP contribution in [-0.2, 0) is 11.2 Å². The van der Waals surface area contributed by atoms with E-state index in [0.717, 1.165) is 24.0 Å². The van der Waals surface area contributed by atoms with Crippen LogP contribution < -0.4 is 21.5 Å². The fraction of sp³-hybridized carbons (Fsp3) is 0.158. The lowest BCUT2D eigenvalue weighted by molar-refractivity contribution is -0.116. The van der Waals surface area contributed by atoms with Crippen molar-refractivity contribution in [3.63, 3.8) is 0 Å². The number of benzene rings is 2. The van der Waals surface area contributed by atoms with Crippen molar-refractivity contribution in [1.29, 1.82) is 5.26 Å². The minimum Gasteiger partial charge on any atom is -0.399 e. The van der Waals surface area contributed by atoms with Crippen LogP contribution in [0.5, 0.6) is 5.75 Å². The molecule has 2 rings (SSSR count). The van der Waals surface area contributed by atoms with Crippen molar-refractivity contribution < 1.29 is 9.53 Å². The summed E-state index contributed by atoms with van der Waals surface area (Å²) in [6, 6.07) is 12.3. The molecule has 0 radical (unpaired) electrons. The van der Waals surface area contributed by atoms with Gasteiger partial charge in [-0.2, -0.15) is 0 Å². The highest BCUT2D eigenvalue weighted by atomic mass is 16.5. The van der Waals surface area contributed by atoms with Gasteiger partial charge in [-0.15, -0.1) is 5.26 Å². The summed E-state index contributed by atoms with van der Waals surface area (Å²) >= 11 is 0. The van der Waals surface area contributed by atoms with Crippen molar-refractivity contribution in [3.8, 4) is 12.0 Å². The van der Waals surface area contributed by atoms with Gasteiger partial charge in [0.05, 0.1) is 0 Å². The molecule has 0 heterocycles. The summed E-state index contributed by atoms with van der Waals surface area (Å²) < 4.78 is 4.69. The third-order valence-electron chi connectivity index (χ3n) is 3.56. The molecule has 0 unspecified atom stereocenters. The molecule has 0 saturated heterocycles. The lowest BCUT2D eigenvalue weighted by Crippen LogP contribution is -2.22. The molecule has 2 aromatic rings. The molecule has 6 heteroatoms. The van der Waals surface area contributed by atoms with Gasteiger partial charge in [0, 0.05) is 24.0 Å². The van der Waals surface area contributed by atoms with Crippen molar-refractivity contribution in [2.45, 2.75) is 12.8 Å². The zero-order valence-electron chi connectivity index (χ0n) is 13.7. The number of nitrogens with zero attached hydrogens (tertiary/aromatic N) is 1. The fourth-order valence-corrected chi connectivity index (χ4v) is 2.26. The van der Waals surface area contributed by atoms with Crippen LogP contribution in [0.25, 0.3) is 6.08 Å². The number of nitrogen functional groups attached to an aromatic ring is 2. The number of hydrogen-bond donors (Lipinski definition) is 3. The number of carbonyl (C=O) groups is 1. The highest BCUT2D eigenvalue weighted by molar-refractivity contribution is 5.91. The molecule has 0 fully saturated rings. The largest absolute Gasteiger partial charge is 0.399 e. The van der Waals surface area contributed by atoms with E-state index in [0.29, 0.717) is 23.7 Å². The third kappa shape index (κ3) is 5.92. The van der Waals surface area contributed by atoms with Crippen molar-refractivity contribution in [2.75, 3.05) is 18.0 Å². The molecule has 0 aliphatic heterocycles. The van der Waals surface area contributed by atoms with E-state index in [1.54, 1.807) is 42.7 Å². The SMILES string of the molecule is N#COc1ccc(/C=C/C(=O)NCCCc2ccc(N)cc2N)cc1. The minimum atomic E-state index is -0.164. The van der Waals surface area contributed by atoms with Gasteiger partial charge in [0.1, 0.15) is 5.75 Å². The van der Waals surface area contributed by atoms with E-state index in [9.17, 15) is 4.79 Å². The molecule has 5 N–H and O–H groups in total. The van der Waals surface area contributed by atoms with Gasteiger partial charge < -0.3 is 21.5 Å². The number of aryl methyl sites for hydroxylation is 1. The molecule has 0 spiro atoms. The Kier molecular flexibility index (Phi) is 6.43. The Morgan fingerprint density at radius 3 is 2.64 bits per heavy atom. The van der Waals surface area contributed by atoms with Crippen LogP contribution in [0.2, 0.25) is 0 Å². The van der Waals surface area contributed by atoms with E-state index in [4.69, 9.17) is 16.7 Å². The summed E-state index contributed by atoms with van der Waals surface area (Å²) in [6.45, 7) is 0.557. The van der Waals surface area contributed by atoms with E-state index in [1.807, 2.05) is 12.1 Å². The number of nitrogens with two attached hydrogens (primary N) is 2. The Hall–Kier alpha value is -3.46. The Labute approximate surface area is 146 Å². The summed E-state index contributed by atoms with van der Waals surface area (Å²) in [7, 11) is 0. The predicted molar refractivity (Wildman–Crippen MR) is 98.3 cm³/mol. The lowest BCUT2D eigenvalue weighted by atomic mass is 10.1. The van der Waals surface area contributed by atoms with Crippen molar-refractivity contribution >= 4 is 23.4 Å². The van der Waals surface area contributed by atoms with E-state index in [-0.39, 0.29) is 5.91 Å². The number of rotatable bonds is 7. The van der Waals surface area contributed by atoms with E-state index >= 15 is 0 Å². The fourth-order valence-electron chi connectivity index (χ4n) is 2.26. The Morgan fingerprint density at radius 2 is 1.96 bits per heavy atom. The highest BCUT2D eigenvalue weighted by Gasteiger charge is 2.01. The number of nitriles is 1. The molecule has 0 aromatic heterocycles. The van der Waals surface area contributed by atoms with Crippen LogP contribution in [0.1, 0.15) is 17.5 Å². The molecule has 0 saturated carbocycles. The quantitative estimate of drug-likeness (QED) is 0.311. The molecule has 0 aliphatic rings. The van der Waals surface area contributed by atoms with Crippen LogP contribution in [0.4, 0.5) is 11.4 Å². The molecule has 0 aliphatic carbocycles. The van der Waals surface area contributed by atoms with Crippen molar-refractivity contribution in [1.82, 2.24) is 5.32 Å². The summed E-state index contributed by atoms with van der Waals surface area (Å²) in [4.78, 5) is 11.8. The van der Waals surface area contributed by atoms with Gasteiger partial charge >= 0.3 is 0 Å². The van der Waals surface area contributed by atoms with Crippen LogP contribution in [-0.4, -0.2) is 12.5 Å². The first kappa shape index (κ1) is 17.9. The number of ether oxygens (including phenoxy) is 1. The number of nitrogens with one attached hydrogen (secondary N) is 1. The monoisotopic (exact) mass is 336 g/mol. The summed E-state index contributed by atoms with van der Waals surface area (Å²) in [5.41, 5.74) is 14.8. The van der Waals surface area contributed by atoms with Crippen LogP contribution in [0.15, 0.2) is 48.5 Å². The normalized spacial score (nSPS) is 10.4. The topological polar surface area (TPSA) is 114 Å². The lowest BCUT2D eigenvalue weighted by Gasteiger charge is -2.07. The summed E-state index contributed by atoms with van der Waals surface area (Å²) in [6.07, 6.45) is 6.33. The van der Waals surface area contributed by atoms with Gasteiger partial charge in [-0.3, -0.25) is 4.79 Å². The third-order valence-corrected chi connectivity index (χ3v) is 3.56. The standard InChI is InChI=1S/C19H20N4O2/c20-13-25-17-8-3-14(4-9-17)5-10-19(24)23-11-1-2-15-6-7-16(21)12-18(15)22/h3-10,12H,1-2,11,21-22H2,(H,23,24)/b10-5+. The second kappa shape index (κ2) is 8.99. The van der Waals surface area contributed by atoms with Crippen LogP contribution >= 0.6 is 0 Å². The molecule has 128 valence electrons. The summed E-state index contributed by atoms with van der Waals surface area (Å²) in [5.74, 6) is 0.300. The summed E-state index contributed by atoms with van der Waals surface area (Å²) in [5, 5.41) is 11.2. The van der Waals surface area contributed by atoms with Gasteiger partial charge in [-0.1, -0.05) is 18.2 Å². The average molecular weight is 336 g/mol. The average Bonchev–Trinajstić information content (AvgIpc) is 2.60. The molecular formula is C19H20N4O2. The van der Waals surface area contributed by atoms with Crippen LogP contribution in [0.3, 0.4) is 0 Å². The number of anilines is 2. The smallest absolute Gasteiger partial charge is 0.292 e. The van der Waals surface area contributed by atoms with Crippen molar-refractivity contribution in [2.24, 2.45) is 0 Å². The maximum atomic E-state index is 11.8. The first-order valence-corrected chi connectivity index (χ1v) is 7.84. The predicted octanol–water partition coefficient (Wildman–Crippen LogP) is 2.47. The zero-order chi connectivity index (χ0) is 18.1. The molecule has 0 bridgehead atoms.